The molecule has 12 heteroatoms. The van der Waals surface area contributed by atoms with Crippen LogP contribution in [-0.2, 0) is 34.5 Å². The Hall–Kier alpha value is -4.06. The van der Waals surface area contributed by atoms with Crippen LogP contribution in [0.1, 0.15) is 30.2 Å². The van der Waals surface area contributed by atoms with Crippen molar-refractivity contribution in [3.63, 3.8) is 0 Å². The minimum atomic E-state index is -4.01. The normalized spacial score (nSPS) is 13.1. The van der Waals surface area contributed by atoms with Gasteiger partial charge in [0.2, 0.25) is 5.91 Å². The molecule has 0 saturated carbocycles. The summed E-state index contributed by atoms with van der Waals surface area (Å²) in [4.78, 5) is 13.9. The quantitative estimate of drug-likeness (QED) is 0.382. The molecule has 2 aromatic heterocycles. The third-order valence-corrected chi connectivity index (χ3v) is 7.51. The Bertz CT molecular complexity index is 1560. The summed E-state index contributed by atoms with van der Waals surface area (Å²) < 4.78 is 46.7. The molecule has 1 aliphatic rings. The molecule has 0 atom stereocenters. The first-order valence-corrected chi connectivity index (χ1v) is 12.8. The summed E-state index contributed by atoms with van der Waals surface area (Å²) in [5.41, 5.74) is 3.19. The lowest BCUT2D eigenvalue weighted by atomic mass is 10.1. The number of sulfonamides is 1. The van der Waals surface area contributed by atoms with E-state index >= 15 is 0 Å². The molecular formula is C24H25N5O6S. The SMILES string of the molecule is CCC(=O)N1Cc2cnn(Cc3cc(OC)c4c(NS(=O)(=O)c5ccccc5OC)noc4c3)c2C1. The van der Waals surface area contributed by atoms with E-state index in [1.807, 2.05) is 16.5 Å². The Morgan fingerprint density at radius 3 is 2.67 bits per heavy atom. The second-order valence-corrected chi connectivity index (χ2v) is 9.99. The van der Waals surface area contributed by atoms with Crippen molar-refractivity contribution in [2.24, 2.45) is 0 Å². The minimum absolute atomic E-state index is 0.00741. The summed E-state index contributed by atoms with van der Waals surface area (Å²) in [5, 5.41) is 8.83. The number of rotatable bonds is 8. The van der Waals surface area contributed by atoms with Crippen molar-refractivity contribution in [3.05, 3.63) is 59.4 Å². The molecule has 188 valence electrons. The maximum absolute atomic E-state index is 13.1. The zero-order valence-corrected chi connectivity index (χ0v) is 20.8. The van der Waals surface area contributed by atoms with Crippen LogP contribution in [0.2, 0.25) is 0 Å². The average Bonchev–Trinajstić information content (AvgIpc) is 3.59. The Kier molecular flexibility index (Phi) is 6.04. The fourth-order valence-electron chi connectivity index (χ4n) is 4.35. The second-order valence-electron chi connectivity index (χ2n) is 8.34. The molecular weight excluding hydrogens is 486 g/mol. The summed E-state index contributed by atoms with van der Waals surface area (Å²) in [6.45, 7) is 3.33. The van der Waals surface area contributed by atoms with E-state index in [1.165, 1.54) is 20.3 Å². The Morgan fingerprint density at radius 2 is 1.92 bits per heavy atom. The van der Waals surface area contributed by atoms with Crippen molar-refractivity contribution in [1.29, 1.82) is 0 Å². The summed E-state index contributed by atoms with van der Waals surface area (Å²) >= 11 is 0. The molecule has 0 saturated heterocycles. The van der Waals surface area contributed by atoms with Crippen LogP contribution in [-0.4, -0.2) is 48.4 Å². The lowest BCUT2D eigenvalue weighted by Gasteiger charge is -2.15. The highest BCUT2D eigenvalue weighted by atomic mass is 32.2. The number of ether oxygens (including phenoxy) is 2. The summed E-state index contributed by atoms with van der Waals surface area (Å²) in [7, 11) is -1.12. The standard InChI is InChI=1S/C24H25N5O6S/c1-4-22(30)28-13-16-11-25-29(17(16)14-28)12-15-9-19(34-3)23-20(10-15)35-26-24(23)27-36(31,32)21-8-6-5-7-18(21)33-2/h5-11H,4,12-14H2,1-3H3,(H,26,27). The van der Waals surface area contributed by atoms with Gasteiger partial charge in [0.1, 0.15) is 21.8 Å². The lowest BCUT2D eigenvalue weighted by molar-refractivity contribution is -0.131. The van der Waals surface area contributed by atoms with E-state index in [0.717, 1.165) is 16.8 Å². The number of fused-ring (bicyclic) bond motifs is 2. The number of carbonyl (C=O) groups excluding carboxylic acids is 1. The topological polar surface area (TPSA) is 129 Å². The number of hydrogen-bond donors (Lipinski definition) is 1. The first-order chi connectivity index (χ1) is 17.3. The monoisotopic (exact) mass is 511 g/mol. The zero-order valence-electron chi connectivity index (χ0n) is 20.0. The van der Waals surface area contributed by atoms with Crippen LogP contribution < -0.4 is 14.2 Å². The van der Waals surface area contributed by atoms with Gasteiger partial charge in [0.05, 0.1) is 39.2 Å². The van der Waals surface area contributed by atoms with Crippen molar-refractivity contribution in [2.45, 2.75) is 37.9 Å². The maximum Gasteiger partial charge on any atom is 0.266 e. The van der Waals surface area contributed by atoms with Gasteiger partial charge in [0, 0.05) is 18.5 Å². The van der Waals surface area contributed by atoms with Crippen LogP contribution in [0.3, 0.4) is 0 Å². The average molecular weight is 512 g/mol. The molecule has 1 amide bonds. The van der Waals surface area contributed by atoms with Gasteiger partial charge in [-0.2, -0.15) is 5.10 Å². The molecule has 0 aliphatic carbocycles. The molecule has 0 unspecified atom stereocenters. The third-order valence-electron chi connectivity index (χ3n) is 6.13. The van der Waals surface area contributed by atoms with Crippen LogP contribution in [0.25, 0.3) is 11.0 Å². The highest BCUT2D eigenvalue weighted by Crippen LogP contribution is 2.36. The molecule has 0 fully saturated rings. The van der Waals surface area contributed by atoms with Crippen molar-refractivity contribution in [1.82, 2.24) is 19.8 Å². The van der Waals surface area contributed by atoms with Crippen molar-refractivity contribution in [2.75, 3.05) is 18.9 Å². The maximum atomic E-state index is 13.1. The fraction of sp³-hybridized carbons (Fsp3) is 0.292. The van der Waals surface area contributed by atoms with Crippen LogP contribution in [0.15, 0.2) is 52.0 Å². The number of anilines is 1. The number of nitrogens with one attached hydrogen (secondary N) is 1. The van der Waals surface area contributed by atoms with Crippen molar-refractivity contribution < 1.29 is 27.2 Å². The van der Waals surface area contributed by atoms with E-state index in [1.54, 1.807) is 36.5 Å². The van der Waals surface area contributed by atoms with Gasteiger partial charge in [-0.3, -0.25) is 14.2 Å². The molecule has 5 rings (SSSR count). The van der Waals surface area contributed by atoms with E-state index in [2.05, 4.69) is 15.0 Å². The molecule has 3 heterocycles. The van der Waals surface area contributed by atoms with Crippen LogP contribution in [0.4, 0.5) is 5.82 Å². The van der Waals surface area contributed by atoms with Gasteiger partial charge < -0.3 is 18.9 Å². The predicted octanol–water partition coefficient (Wildman–Crippen LogP) is 3.14. The van der Waals surface area contributed by atoms with Crippen LogP contribution in [0.5, 0.6) is 11.5 Å². The zero-order chi connectivity index (χ0) is 25.4. The van der Waals surface area contributed by atoms with E-state index in [-0.39, 0.29) is 22.4 Å². The first-order valence-electron chi connectivity index (χ1n) is 11.3. The number of carbonyl (C=O) groups is 1. The molecule has 2 aromatic carbocycles. The third kappa shape index (κ3) is 4.13. The summed E-state index contributed by atoms with van der Waals surface area (Å²) in [6, 6.07) is 9.85. The number of benzene rings is 2. The fourth-order valence-corrected chi connectivity index (χ4v) is 5.53. The van der Waals surface area contributed by atoms with Gasteiger partial charge in [-0.25, -0.2) is 8.42 Å². The van der Waals surface area contributed by atoms with Crippen molar-refractivity contribution >= 4 is 32.7 Å². The number of nitrogens with zero attached hydrogens (tertiary/aromatic N) is 4. The van der Waals surface area contributed by atoms with Crippen molar-refractivity contribution in [3.8, 4) is 11.5 Å². The van der Waals surface area contributed by atoms with Gasteiger partial charge >= 0.3 is 0 Å². The van der Waals surface area contributed by atoms with Gasteiger partial charge in [-0.1, -0.05) is 24.2 Å². The van der Waals surface area contributed by atoms with Gasteiger partial charge in [-0.15, -0.1) is 0 Å². The molecule has 0 bridgehead atoms. The number of amides is 1. The summed E-state index contributed by atoms with van der Waals surface area (Å²) in [5.74, 6) is 0.713. The number of methoxy groups -OCH3 is 2. The molecule has 0 spiro atoms. The van der Waals surface area contributed by atoms with E-state index < -0.39 is 10.0 Å². The number of hydrogen-bond acceptors (Lipinski definition) is 8. The highest BCUT2D eigenvalue weighted by Gasteiger charge is 2.27. The number of para-hydroxylation sites is 1. The lowest BCUT2D eigenvalue weighted by Crippen LogP contribution is -2.25. The number of aromatic nitrogens is 3. The van der Waals surface area contributed by atoms with Crippen LogP contribution in [0, 0.1) is 0 Å². The predicted molar refractivity (Wildman–Crippen MR) is 130 cm³/mol. The molecule has 0 radical (unpaired) electrons. The van der Waals surface area contributed by atoms with E-state index in [0.29, 0.717) is 42.8 Å². The van der Waals surface area contributed by atoms with Gasteiger partial charge in [0.15, 0.2) is 11.4 Å². The molecule has 4 aromatic rings. The van der Waals surface area contributed by atoms with Gasteiger partial charge in [-0.05, 0) is 29.8 Å². The molecule has 11 nitrogen and oxygen atoms in total. The second kappa shape index (κ2) is 9.19. The summed E-state index contributed by atoms with van der Waals surface area (Å²) in [6.07, 6.45) is 2.24. The largest absolute Gasteiger partial charge is 0.496 e. The molecule has 1 aliphatic heterocycles. The smallest absolute Gasteiger partial charge is 0.266 e. The Labute approximate surface area is 207 Å². The Balaban J connectivity index is 1.45. The molecule has 36 heavy (non-hydrogen) atoms. The minimum Gasteiger partial charge on any atom is -0.496 e. The highest BCUT2D eigenvalue weighted by molar-refractivity contribution is 7.92. The van der Waals surface area contributed by atoms with E-state index in [4.69, 9.17) is 14.0 Å². The first kappa shape index (κ1) is 23.7. The Morgan fingerprint density at radius 1 is 1.14 bits per heavy atom. The molecule has 1 N–H and O–H groups in total. The van der Waals surface area contributed by atoms with E-state index in [9.17, 15) is 13.2 Å². The van der Waals surface area contributed by atoms with Gasteiger partial charge in [0.25, 0.3) is 10.0 Å². The van der Waals surface area contributed by atoms with Crippen LogP contribution >= 0.6 is 0 Å².